The monoisotopic (exact) mass is 306 g/mol. The highest BCUT2D eigenvalue weighted by molar-refractivity contribution is 7.14. The Morgan fingerprint density at radius 2 is 2.30 bits per heavy atom. The van der Waals surface area contributed by atoms with Gasteiger partial charge in [0.1, 0.15) is 5.76 Å². The Labute approximate surface area is 122 Å². The average Bonchev–Trinajstić information content (AvgIpc) is 3.18. The van der Waals surface area contributed by atoms with Gasteiger partial charge in [-0.25, -0.2) is 4.79 Å². The number of thiophene rings is 1. The molecule has 3 aromatic heterocycles. The number of nitrogens with one attached hydrogen (secondary N) is 2. The predicted molar refractivity (Wildman–Crippen MR) is 77.8 cm³/mol. The summed E-state index contributed by atoms with van der Waals surface area (Å²) >= 11 is 2.71. The number of amides is 2. The summed E-state index contributed by atoms with van der Waals surface area (Å²) in [7, 11) is 0. The van der Waals surface area contributed by atoms with Gasteiger partial charge in [-0.2, -0.15) is 9.36 Å². The van der Waals surface area contributed by atoms with Crippen molar-refractivity contribution in [1.29, 1.82) is 0 Å². The van der Waals surface area contributed by atoms with Crippen LogP contribution in [0.5, 0.6) is 0 Å². The molecule has 3 rings (SSSR count). The predicted octanol–water partition coefficient (Wildman–Crippen LogP) is 3.18. The molecule has 0 saturated carbocycles. The summed E-state index contributed by atoms with van der Waals surface area (Å²) < 4.78 is 9.32. The van der Waals surface area contributed by atoms with Crippen LogP contribution in [0, 0.1) is 0 Å². The van der Waals surface area contributed by atoms with E-state index in [0.717, 1.165) is 16.4 Å². The average molecular weight is 306 g/mol. The molecule has 0 aliphatic carbocycles. The molecular weight excluding hydrogens is 296 g/mol. The van der Waals surface area contributed by atoms with Gasteiger partial charge >= 0.3 is 6.03 Å². The van der Waals surface area contributed by atoms with Crippen LogP contribution in [-0.4, -0.2) is 15.4 Å². The molecule has 102 valence electrons. The quantitative estimate of drug-likeness (QED) is 0.776. The van der Waals surface area contributed by atoms with E-state index in [4.69, 9.17) is 4.42 Å². The van der Waals surface area contributed by atoms with Crippen molar-refractivity contribution in [1.82, 2.24) is 14.7 Å². The Kier molecular flexibility index (Phi) is 3.75. The van der Waals surface area contributed by atoms with Crippen molar-refractivity contribution in [3.05, 3.63) is 41.7 Å². The number of carbonyl (C=O) groups is 1. The minimum absolute atomic E-state index is 0.329. The molecule has 0 spiro atoms. The minimum atomic E-state index is -0.338. The van der Waals surface area contributed by atoms with Crippen LogP contribution in [0.25, 0.3) is 10.7 Å². The molecule has 0 unspecified atom stereocenters. The maximum Gasteiger partial charge on any atom is 0.321 e. The molecule has 0 bridgehead atoms. The minimum Gasteiger partial charge on any atom is -0.467 e. The number of rotatable bonds is 4. The van der Waals surface area contributed by atoms with Gasteiger partial charge in [0.05, 0.1) is 17.7 Å². The fraction of sp³-hybridized carbons (Fsp3) is 0.0833. The van der Waals surface area contributed by atoms with Crippen molar-refractivity contribution in [2.45, 2.75) is 6.54 Å². The number of aromatic nitrogens is 2. The number of anilines is 1. The second kappa shape index (κ2) is 5.85. The van der Waals surface area contributed by atoms with Crippen molar-refractivity contribution < 1.29 is 9.21 Å². The van der Waals surface area contributed by atoms with E-state index in [1.165, 1.54) is 0 Å². The normalized spacial score (nSPS) is 10.4. The van der Waals surface area contributed by atoms with Crippen LogP contribution in [0.3, 0.4) is 0 Å². The van der Waals surface area contributed by atoms with Crippen molar-refractivity contribution in [3.63, 3.8) is 0 Å². The fourth-order valence-corrected chi connectivity index (χ4v) is 2.80. The highest BCUT2D eigenvalue weighted by Crippen LogP contribution is 2.24. The topological polar surface area (TPSA) is 80.0 Å². The number of hydrogen-bond acceptors (Lipinski definition) is 6. The van der Waals surface area contributed by atoms with E-state index < -0.39 is 0 Å². The largest absolute Gasteiger partial charge is 0.467 e. The third-order valence-electron chi connectivity index (χ3n) is 2.39. The van der Waals surface area contributed by atoms with Crippen LogP contribution in [-0.2, 0) is 6.54 Å². The second-order valence-electron chi connectivity index (χ2n) is 3.79. The maximum atomic E-state index is 11.7. The molecule has 0 atom stereocenters. The van der Waals surface area contributed by atoms with Crippen molar-refractivity contribution in [2.75, 3.05) is 5.32 Å². The molecule has 20 heavy (non-hydrogen) atoms. The molecule has 0 radical (unpaired) electrons. The van der Waals surface area contributed by atoms with E-state index in [9.17, 15) is 4.79 Å². The van der Waals surface area contributed by atoms with Gasteiger partial charge in [0, 0.05) is 11.5 Å². The zero-order valence-corrected chi connectivity index (χ0v) is 11.8. The molecule has 0 fully saturated rings. The lowest BCUT2D eigenvalue weighted by molar-refractivity contribution is 0.251. The molecule has 8 heteroatoms. The van der Waals surface area contributed by atoms with Crippen LogP contribution in [0.4, 0.5) is 9.93 Å². The highest BCUT2D eigenvalue weighted by atomic mass is 32.1. The van der Waals surface area contributed by atoms with Crippen molar-refractivity contribution in [3.8, 4) is 10.7 Å². The van der Waals surface area contributed by atoms with E-state index in [1.807, 2.05) is 17.5 Å². The second-order valence-corrected chi connectivity index (χ2v) is 5.49. The summed E-state index contributed by atoms with van der Waals surface area (Å²) in [6, 6.07) is 7.10. The van der Waals surface area contributed by atoms with Crippen LogP contribution in [0.2, 0.25) is 0 Å². The van der Waals surface area contributed by atoms with Gasteiger partial charge in [-0.15, -0.1) is 11.3 Å². The van der Waals surface area contributed by atoms with Crippen molar-refractivity contribution >= 4 is 34.0 Å². The third kappa shape index (κ3) is 3.03. The van der Waals surface area contributed by atoms with Crippen LogP contribution >= 0.6 is 22.9 Å². The van der Waals surface area contributed by atoms with Gasteiger partial charge < -0.3 is 9.73 Å². The van der Waals surface area contributed by atoms with Crippen LogP contribution in [0.1, 0.15) is 5.76 Å². The summed E-state index contributed by atoms with van der Waals surface area (Å²) in [4.78, 5) is 16.9. The van der Waals surface area contributed by atoms with Gasteiger partial charge in [-0.05, 0) is 23.6 Å². The van der Waals surface area contributed by atoms with Gasteiger partial charge in [-0.1, -0.05) is 6.07 Å². The Hall–Kier alpha value is -2.19. The summed E-state index contributed by atoms with van der Waals surface area (Å²) in [6.07, 6.45) is 1.56. The molecule has 3 aromatic rings. The first-order valence-electron chi connectivity index (χ1n) is 5.76. The summed E-state index contributed by atoms with van der Waals surface area (Å²) in [5.74, 6) is 1.32. The lowest BCUT2D eigenvalue weighted by Crippen LogP contribution is -2.27. The molecule has 2 N–H and O–H groups in total. The Bertz CT molecular complexity index is 676. The van der Waals surface area contributed by atoms with Gasteiger partial charge in [0.15, 0.2) is 5.82 Å². The molecule has 0 aliphatic rings. The Morgan fingerprint density at radius 1 is 1.35 bits per heavy atom. The number of furan rings is 1. The summed E-state index contributed by atoms with van der Waals surface area (Å²) in [5.41, 5.74) is 0. The zero-order valence-electron chi connectivity index (χ0n) is 10.2. The van der Waals surface area contributed by atoms with Gasteiger partial charge in [-0.3, -0.25) is 5.32 Å². The molecule has 3 heterocycles. The number of carbonyl (C=O) groups excluding carboxylic acids is 1. The van der Waals surface area contributed by atoms with Crippen LogP contribution in [0.15, 0.2) is 40.3 Å². The number of hydrogen-bond donors (Lipinski definition) is 2. The summed E-state index contributed by atoms with van der Waals surface area (Å²) in [5, 5.41) is 7.74. The highest BCUT2D eigenvalue weighted by Gasteiger charge is 2.10. The molecule has 2 amide bonds. The fourth-order valence-electron chi connectivity index (χ4n) is 1.50. The molecular formula is C12H10N4O2S2. The van der Waals surface area contributed by atoms with E-state index in [2.05, 4.69) is 20.0 Å². The third-order valence-corrected chi connectivity index (χ3v) is 3.89. The lowest BCUT2D eigenvalue weighted by atomic mass is 10.4. The van der Waals surface area contributed by atoms with Crippen molar-refractivity contribution in [2.24, 2.45) is 0 Å². The van der Waals surface area contributed by atoms with E-state index in [-0.39, 0.29) is 6.03 Å². The standard InChI is InChI=1S/C12H10N4O2S2/c17-11(13-7-8-3-1-5-18-8)15-12-14-10(16-20-12)9-4-2-6-19-9/h1-6H,7H2,(H2,13,14,15,16,17). The first kappa shape index (κ1) is 12.8. The van der Waals surface area contributed by atoms with E-state index >= 15 is 0 Å². The Morgan fingerprint density at radius 3 is 3.05 bits per heavy atom. The van der Waals surface area contributed by atoms with E-state index in [1.54, 1.807) is 29.7 Å². The first-order chi connectivity index (χ1) is 9.81. The van der Waals surface area contributed by atoms with E-state index in [0.29, 0.717) is 23.3 Å². The molecule has 0 aromatic carbocycles. The maximum absolute atomic E-state index is 11.7. The smallest absolute Gasteiger partial charge is 0.321 e. The SMILES string of the molecule is O=C(NCc1ccco1)Nc1nc(-c2cccs2)ns1. The first-order valence-corrected chi connectivity index (χ1v) is 7.41. The molecule has 0 saturated heterocycles. The summed E-state index contributed by atoms with van der Waals surface area (Å²) in [6.45, 7) is 0.329. The Balaban J connectivity index is 1.56. The molecule has 0 aliphatic heterocycles. The number of urea groups is 1. The lowest BCUT2D eigenvalue weighted by Gasteiger charge is -2.02. The molecule has 6 nitrogen and oxygen atoms in total. The van der Waals surface area contributed by atoms with Gasteiger partial charge in [0.25, 0.3) is 0 Å². The van der Waals surface area contributed by atoms with Crippen LogP contribution < -0.4 is 10.6 Å². The van der Waals surface area contributed by atoms with Gasteiger partial charge in [0.2, 0.25) is 5.13 Å². The number of nitrogens with zero attached hydrogens (tertiary/aromatic N) is 2. The zero-order chi connectivity index (χ0) is 13.8.